The van der Waals surface area contributed by atoms with Crippen molar-refractivity contribution in [1.82, 2.24) is 4.31 Å². The number of carbonyl (C=O) groups excluding carboxylic acids is 2. The number of anilines is 1. The first-order chi connectivity index (χ1) is 15.9. The molecule has 0 aromatic heterocycles. The second kappa shape index (κ2) is 11.6. The summed E-state index contributed by atoms with van der Waals surface area (Å²) in [5, 5.41) is 2.62. The molecule has 1 saturated heterocycles. The molecule has 0 bridgehead atoms. The molecule has 1 aliphatic rings. The van der Waals surface area contributed by atoms with E-state index in [1.807, 2.05) is 0 Å². The highest BCUT2D eigenvalue weighted by Gasteiger charge is 2.24. The minimum absolute atomic E-state index is 0.233. The van der Waals surface area contributed by atoms with Gasteiger partial charge >= 0.3 is 5.97 Å². The Labute approximate surface area is 194 Å². The van der Waals surface area contributed by atoms with Crippen molar-refractivity contribution in [2.45, 2.75) is 30.6 Å². The molecule has 176 valence electrons. The number of nitrogens with zero attached hydrogens (tertiary/aromatic N) is 1. The summed E-state index contributed by atoms with van der Waals surface area (Å²) in [5.74, 6) is -0.686. The molecule has 1 heterocycles. The van der Waals surface area contributed by atoms with Gasteiger partial charge in [0, 0.05) is 19.2 Å². The molecule has 1 fully saturated rings. The Morgan fingerprint density at radius 1 is 1.00 bits per heavy atom. The summed E-state index contributed by atoms with van der Waals surface area (Å²) in [6.07, 6.45) is 6.54. The summed E-state index contributed by atoms with van der Waals surface area (Å²) in [6.45, 7) is 0.634. The molecule has 0 unspecified atom stereocenters. The minimum atomic E-state index is -3.52. The number of methoxy groups -OCH3 is 1. The fourth-order valence-electron chi connectivity index (χ4n) is 3.47. The Hall–Kier alpha value is -3.17. The molecule has 0 atom stereocenters. The van der Waals surface area contributed by atoms with Crippen LogP contribution < -0.4 is 10.1 Å². The monoisotopic (exact) mass is 472 g/mol. The number of amides is 1. The van der Waals surface area contributed by atoms with E-state index in [0.29, 0.717) is 30.1 Å². The van der Waals surface area contributed by atoms with Crippen molar-refractivity contribution < 1.29 is 27.5 Å². The lowest BCUT2D eigenvalue weighted by Gasteiger charge is -2.19. The van der Waals surface area contributed by atoms with Crippen molar-refractivity contribution in [3.05, 3.63) is 60.2 Å². The largest absolute Gasteiger partial charge is 0.495 e. The lowest BCUT2D eigenvalue weighted by atomic mass is 10.2. The zero-order chi connectivity index (χ0) is 23.7. The third kappa shape index (κ3) is 6.90. The molecule has 0 radical (unpaired) electrons. The zero-order valence-corrected chi connectivity index (χ0v) is 19.3. The maximum Gasteiger partial charge on any atom is 0.331 e. The van der Waals surface area contributed by atoms with Crippen molar-refractivity contribution in [3.8, 4) is 5.75 Å². The van der Waals surface area contributed by atoms with Crippen LogP contribution in [0.25, 0.3) is 6.08 Å². The Balaban J connectivity index is 1.52. The number of para-hydroxylation sites is 2. The minimum Gasteiger partial charge on any atom is -0.495 e. The summed E-state index contributed by atoms with van der Waals surface area (Å²) in [7, 11) is -2.03. The molecule has 1 N–H and O–H groups in total. The highest BCUT2D eigenvalue weighted by molar-refractivity contribution is 7.89. The number of hydrogen-bond acceptors (Lipinski definition) is 6. The van der Waals surface area contributed by atoms with Gasteiger partial charge in [0.15, 0.2) is 6.61 Å². The standard InChI is InChI=1S/C24H28N2O6S/c1-31-22-9-5-4-8-21(22)25-23(27)18-32-24(28)15-12-19-10-13-20(14-11-19)33(29,30)26-16-6-2-3-7-17-26/h4-5,8-15H,2-3,6-7,16-18H2,1H3,(H,25,27)/b15-12+. The van der Waals surface area contributed by atoms with Gasteiger partial charge in [-0.25, -0.2) is 13.2 Å². The van der Waals surface area contributed by atoms with E-state index in [2.05, 4.69) is 5.32 Å². The van der Waals surface area contributed by atoms with Gasteiger partial charge in [0.1, 0.15) is 5.75 Å². The van der Waals surface area contributed by atoms with Gasteiger partial charge < -0.3 is 14.8 Å². The molecular weight excluding hydrogens is 444 g/mol. The van der Waals surface area contributed by atoms with E-state index in [1.54, 1.807) is 36.4 Å². The van der Waals surface area contributed by atoms with Crippen LogP contribution in [0.3, 0.4) is 0 Å². The summed E-state index contributed by atoms with van der Waals surface area (Å²) in [5.41, 5.74) is 1.12. The molecule has 33 heavy (non-hydrogen) atoms. The summed E-state index contributed by atoms with van der Waals surface area (Å²) < 4.78 is 37.3. The van der Waals surface area contributed by atoms with Gasteiger partial charge in [-0.05, 0) is 48.7 Å². The number of carbonyl (C=O) groups is 2. The molecule has 1 aliphatic heterocycles. The van der Waals surface area contributed by atoms with Crippen molar-refractivity contribution in [2.24, 2.45) is 0 Å². The van der Waals surface area contributed by atoms with E-state index in [-0.39, 0.29) is 4.90 Å². The van der Waals surface area contributed by atoms with Crippen molar-refractivity contribution in [1.29, 1.82) is 0 Å². The maximum absolute atomic E-state index is 12.8. The van der Waals surface area contributed by atoms with E-state index in [9.17, 15) is 18.0 Å². The van der Waals surface area contributed by atoms with Crippen LogP contribution in [0.15, 0.2) is 59.5 Å². The van der Waals surface area contributed by atoms with Gasteiger partial charge in [-0.15, -0.1) is 0 Å². The quantitative estimate of drug-likeness (QED) is 0.466. The van der Waals surface area contributed by atoms with Crippen LogP contribution >= 0.6 is 0 Å². The van der Waals surface area contributed by atoms with E-state index >= 15 is 0 Å². The predicted molar refractivity (Wildman–Crippen MR) is 125 cm³/mol. The number of hydrogen-bond donors (Lipinski definition) is 1. The molecule has 8 nitrogen and oxygen atoms in total. The Morgan fingerprint density at radius 2 is 1.67 bits per heavy atom. The normalized spacial score (nSPS) is 15.1. The van der Waals surface area contributed by atoms with Crippen molar-refractivity contribution in [2.75, 3.05) is 32.1 Å². The Bertz CT molecular complexity index is 1090. The van der Waals surface area contributed by atoms with Gasteiger partial charge in [0.2, 0.25) is 10.0 Å². The molecule has 0 aliphatic carbocycles. The molecule has 9 heteroatoms. The van der Waals surface area contributed by atoms with Gasteiger partial charge in [0.25, 0.3) is 5.91 Å². The molecule has 0 saturated carbocycles. The first kappa shape index (κ1) is 24.5. The molecule has 3 rings (SSSR count). The van der Waals surface area contributed by atoms with Crippen LogP contribution in [0.4, 0.5) is 5.69 Å². The first-order valence-corrected chi connectivity index (χ1v) is 12.2. The summed E-state index contributed by atoms with van der Waals surface area (Å²) in [4.78, 5) is 24.2. The number of rotatable bonds is 8. The Kier molecular flexibility index (Phi) is 8.62. The van der Waals surface area contributed by atoms with E-state index < -0.39 is 28.5 Å². The van der Waals surface area contributed by atoms with Crippen LogP contribution in [-0.2, 0) is 24.3 Å². The smallest absolute Gasteiger partial charge is 0.331 e. The van der Waals surface area contributed by atoms with Gasteiger partial charge in [-0.1, -0.05) is 37.1 Å². The summed E-state index contributed by atoms with van der Waals surface area (Å²) in [6, 6.07) is 13.2. The number of ether oxygens (including phenoxy) is 2. The molecule has 2 aromatic carbocycles. The summed E-state index contributed by atoms with van der Waals surface area (Å²) >= 11 is 0. The average molecular weight is 473 g/mol. The van der Waals surface area contributed by atoms with Gasteiger partial charge in [-0.3, -0.25) is 4.79 Å². The lowest BCUT2D eigenvalue weighted by Crippen LogP contribution is -2.31. The second-order valence-electron chi connectivity index (χ2n) is 7.58. The molecular formula is C24H28N2O6S. The maximum atomic E-state index is 12.8. The van der Waals surface area contributed by atoms with Crippen LogP contribution in [-0.4, -0.2) is 51.4 Å². The highest BCUT2D eigenvalue weighted by Crippen LogP contribution is 2.23. The lowest BCUT2D eigenvalue weighted by molar-refractivity contribution is -0.142. The predicted octanol–water partition coefficient (Wildman–Crippen LogP) is 3.46. The third-order valence-corrected chi connectivity index (χ3v) is 7.13. The molecule has 1 amide bonds. The number of benzene rings is 2. The number of nitrogens with one attached hydrogen (secondary N) is 1. The highest BCUT2D eigenvalue weighted by atomic mass is 32.2. The SMILES string of the molecule is COc1ccccc1NC(=O)COC(=O)/C=C/c1ccc(S(=O)(=O)N2CCCCCC2)cc1. The first-order valence-electron chi connectivity index (χ1n) is 10.8. The van der Waals surface area contributed by atoms with Gasteiger partial charge in [0.05, 0.1) is 17.7 Å². The zero-order valence-electron chi connectivity index (χ0n) is 18.5. The molecule has 2 aromatic rings. The van der Waals surface area contributed by atoms with Crippen LogP contribution in [0.5, 0.6) is 5.75 Å². The molecule has 0 spiro atoms. The number of sulfonamides is 1. The Morgan fingerprint density at radius 3 is 2.33 bits per heavy atom. The second-order valence-corrected chi connectivity index (χ2v) is 9.51. The third-order valence-electron chi connectivity index (χ3n) is 5.22. The van der Waals surface area contributed by atoms with Crippen LogP contribution in [0.2, 0.25) is 0 Å². The van der Waals surface area contributed by atoms with Crippen LogP contribution in [0.1, 0.15) is 31.2 Å². The van der Waals surface area contributed by atoms with Crippen molar-refractivity contribution >= 4 is 33.7 Å². The average Bonchev–Trinajstić information content (AvgIpc) is 3.12. The fraction of sp³-hybridized carbons (Fsp3) is 0.333. The van der Waals surface area contributed by atoms with Crippen LogP contribution in [0, 0.1) is 0 Å². The fourth-order valence-corrected chi connectivity index (χ4v) is 4.98. The van der Waals surface area contributed by atoms with E-state index in [0.717, 1.165) is 25.7 Å². The number of esters is 1. The van der Waals surface area contributed by atoms with Gasteiger partial charge in [-0.2, -0.15) is 4.31 Å². The van der Waals surface area contributed by atoms with E-state index in [4.69, 9.17) is 9.47 Å². The topological polar surface area (TPSA) is 102 Å². The van der Waals surface area contributed by atoms with Crippen molar-refractivity contribution in [3.63, 3.8) is 0 Å². The van der Waals surface area contributed by atoms with E-state index in [1.165, 1.54) is 35.7 Å².